The molecular weight excluding hydrogens is 302 g/mol. The fraction of sp³-hybridized carbons (Fsp3) is 0.263. The van der Waals surface area contributed by atoms with E-state index in [2.05, 4.69) is 5.32 Å². The molecule has 2 amide bonds. The van der Waals surface area contributed by atoms with Crippen molar-refractivity contribution < 1.29 is 9.59 Å². The van der Waals surface area contributed by atoms with Crippen molar-refractivity contribution in [3.63, 3.8) is 0 Å². The van der Waals surface area contributed by atoms with E-state index >= 15 is 0 Å². The van der Waals surface area contributed by atoms with Gasteiger partial charge in [-0.2, -0.15) is 0 Å². The molecule has 1 aliphatic rings. The van der Waals surface area contributed by atoms with Gasteiger partial charge in [0.05, 0.1) is 0 Å². The zero-order valence-electron chi connectivity index (χ0n) is 13.5. The lowest BCUT2D eigenvalue weighted by molar-refractivity contribution is -0.118. The van der Waals surface area contributed by atoms with Crippen LogP contribution in [0.25, 0.3) is 0 Å². The number of nitrogens with zero attached hydrogens (tertiary/aromatic N) is 1. The molecule has 3 rings (SSSR count). The number of carbonyl (C=O) groups excluding carboxylic acids is 2. The SMILES string of the molecule is NC(=O)CCN(Cc1ccccc1)C(=O)c1ccc2c(c1)CNC2. The molecule has 0 spiro atoms. The van der Waals surface area contributed by atoms with E-state index in [1.807, 2.05) is 48.5 Å². The van der Waals surface area contributed by atoms with Gasteiger partial charge in [0.25, 0.3) is 5.91 Å². The molecule has 124 valence electrons. The molecule has 3 N–H and O–H groups in total. The third-order valence-electron chi connectivity index (χ3n) is 4.22. The van der Waals surface area contributed by atoms with Gasteiger partial charge in [0.1, 0.15) is 0 Å². The molecule has 0 aromatic heterocycles. The monoisotopic (exact) mass is 323 g/mol. The van der Waals surface area contributed by atoms with E-state index in [4.69, 9.17) is 5.73 Å². The van der Waals surface area contributed by atoms with Crippen molar-refractivity contribution in [2.75, 3.05) is 6.54 Å². The lowest BCUT2D eigenvalue weighted by Crippen LogP contribution is -2.33. The maximum absolute atomic E-state index is 12.9. The van der Waals surface area contributed by atoms with Gasteiger partial charge in [0.2, 0.25) is 5.91 Å². The summed E-state index contributed by atoms with van der Waals surface area (Å²) in [6.07, 6.45) is 0.158. The number of hydrogen-bond acceptors (Lipinski definition) is 3. The average Bonchev–Trinajstić information content (AvgIpc) is 3.06. The first-order chi connectivity index (χ1) is 11.6. The van der Waals surface area contributed by atoms with E-state index in [9.17, 15) is 9.59 Å². The first-order valence-electron chi connectivity index (χ1n) is 8.07. The summed E-state index contributed by atoms with van der Waals surface area (Å²) in [5.41, 5.74) is 9.34. The van der Waals surface area contributed by atoms with Gasteiger partial charge in [-0.15, -0.1) is 0 Å². The molecule has 0 bridgehead atoms. The van der Waals surface area contributed by atoms with Gasteiger partial charge >= 0.3 is 0 Å². The van der Waals surface area contributed by atoms with Gasteiger partial charge in [-0.1, -0.05) is 36.4 Å². The van der Waals surface area contributed by atoms with Gasteiger partial charge in [-0.3, -0.25) is 9.59 Å². The summed E-state index contributed by atoms with van der Waals surface area (Å²) in [6, 6.07) is 15.6. The van der Waals surface area contributed by atoms with Gasteiger partial charge in [-0.25, -0.2) is 0 Å². The van der Waals surface area contributed by atoms with E-state index in [1.165, 1.54) is 5.56 Å². The van der Waals surface area contributed by atoms with Crippen LogP contribution in [0.15, 0.2) is 48.5 Å². The zero-order chi connectivity index (χ0) is 16.9. The van der Waals surface area contributed by atoms with Crippen LogP contribution in [0.1, 0.15) is 33.5 Å². The van der Waals surface area contributed by atoms with Crippen molar-refractivity contribution in [2.24, 2.45) is 5.73 Å². The fourth-order valence-electron chi connectivity index (χ4n) is 2.91. The molecule has 24 heavy (non-hydrogen) atoms. The second-order valence-electron chi connectivity index (χ2n) is 6.02. The number of rotatable bonds is 6. The molecule has 0 saturated carbocycles. The Kier molecular flexibility index (Phi) is 4.91. The topological polar surface area (TPSA) is 75.4 Å². The first-order valence-corrected chi connectivity index (χ1v) is 8.07. The molecule has 1 aliphatic heterocycles. The van der Waals surface area contributed by atoms with E-state index in [-0.39, 0.29) is 12.3 Å². The highest BCUT2D eigenvalue weighted by Crippen LogP contribution is 2.19. The Hall–Kier alpha value is -2.66. The number of fused-ring (bicyclic) bond motifs is 1. The average molecular weight is 323 g/mol. The Morgan fingerprint density at radius 2 is 1.79 bits per heavy atom. The minimum Gasteiger partial charge on any atom is -0.370 e. The Labute approximate surface area is 141 Å². The molecule has 0 unspecified atom stereocenters. The van der Waals surface area contributed by atoms with Gasteiger partial charge in [0.15, 0.2) is 0 Å². The second kappa shape index (κ2) is 7.27. The van der Waals surface area contributed by atoms with E-state index in [0.717, 1.165) is 24.2 Å². The summed E-state index contributed by atoms with van der Waals surface area (Å²) in [5.74, 6) is -0.478. The third kappa shape index (κ3) is 3.81. The summed E-state index contributed by atoms with van der Waals surface area (Å²) in [7, 11) is 0. The van der Waals surface area contributed by atoms with Crippen LogP contribution in [-0.4, -0.2) is 23.3 Å². The Morgan fingerprint density at radius 1 is 1.04 bits per heavy atom. The summed E-state index contributed by atoms with van der Waals surface area (Å²) >= 11 is 0. The van der Waals surface area contributed by atoms with Crippen molar-refractivity contribution >= 4 is 11.8 Å². The zero-order valence-corrected chi connectivity index (χ0v) is 13.5. The quantitative estimate of drug-likeness (QED) is 0.851. The Balaban J connectivity index is 1.80. The number of nitrogens with two attached hydrogens (primary N) is 1. The fourth-order valence-corrected chi connectivity index (χ4v) is 2.91. The molecule has 5 nitrogen and oxygen atoms in total. The van der Waals surface area contributed by atoms with Crippen molar-refractivity contribution in [3.05, 3.63) is 70.8 Å². The highest BCUT2D eigenvalue weighted by Gasteiger charge is 2.19. The van der Waals surface area contributed by atoms with Crippen LogP contribution in [-0.2, 0) is 24.4 Å². The Bertz CT molecular complexity index is 744. The molecule has 0 saturated heterocycles. The number of primary amides is 1. The highest BCUT2D eigenvalue weighted by atomic mass is 16.2. The number of nitrogens with one attached hydrogen (secondary N) is 1. The number of benzene rings is 2. The maximum Gasteiger partial charge on any atom is 0.254 e. The predicted octanol–water partition coefficient (Wildman–Crippen LogP) is 1.81. The van der Waals surface area contributed by atoms with E-state index in [0.29, 0.717) is 18.7 Å². The largest absolute Gasteiger partial charge is 0.370 e. The van der Waals surface area contributed by atoms with Gasteiger partial charge in [-0.05, 0) is 28.8 Å². The third-order valence-corrected chi connectivity index (χ3v) is 4.22. The summed E-state index contributed by atoms with van der Waals surface area (Å²) in [6.45, 7) is 2.41. The van der Waals surface area contributed by atoms with Crippen LogP contribution in [0, 0.1) is 0 Å². The van der Waals surface area contributed by atoms with Crippen molar-refractivity contribution in [1.82, 2.24) is 10.2 Å². The molecule has 0 fully saturated rings. The first kappa shape index (κ1) is 16.2. The minimum absolute atomic E-state index is 0.0743. The summed E-state index contributed by atoms with van der Waals surface area (Å²) in [4.78, 5) is 25.7. The lowest BCUT2D eigenvalue weighted by atomic mass is 10.1. The maximum atomic E-state index is 12.9. The van der Waals surface area contributed by atoms with Crippen LogP contribution in [0.3, 0.4) is 0 Å². The standard InChI is InChI=1S/C19H21N3O2/c20-18(23)8-9-22(13-14-4-2-1-3-5-14)19(24)15-6-7-16-11-21-12-17(16)10-15/h1-7,10,21H,8-9,11-13H2,(H2,20,23). The van der Waals surface area contributed by atoms with E-state index < -0.39 is 5.91 Å². The molecule has 5 heteroatoms. The lowest BCUT2D eigenvalue weighted by Gasteiger charge is -2.23. The molecule has 2 aromatic carbocycles. The molecular formula is C19H21N3O2. The molecule has 1 heterocycles. The van der Waals surface area contributed by atoms with Crippen LogP contribution < -0.4 is 11.1 Å². The predicted molar refractivity (Wildman–Crippen MR) is 92.0 cm³/mol. The van der Waals surface area contributed by atoms with Crippen LogP contribution in [0.5, 0.6) is 0 Å². The molecule has 0 atom stereocenters. The summed E-state index contributed by atoms with van der Waals surface area (Å²) in [5, 5.41) is 3.28. The molecule has 0 aliphatic carbocycles. The number of carbonyl (C=O) groups is 2. The smallest absolute Gasteiger partial charge is 0.254 e. The van der Waals surface area contributed by atoms with Crippen molar-refractivity contribution in [2.45, 2.75) is 26.1 Å². The number of amides is 2. The normalized spacial score (nSPS) is 12.7. The van der Waals surface area contributed by atoms with Crippen LogP contribution >= 0.6 is 0 Å². The Morgan fingerprint density at radius 3 is 2.54 bits per heavy atom. The second-order valence-corrected chi connectivity index (χ2v) is 6.02. The molecule has 0 radical (unpaired) electrons. The van der Waals surface area contributed by atoms with Gasteiger partial charge < -0.3 is 16.0 Å². The van der Waals surface area contributed by atoms with Crippen LogP contribution in [0.2, 0.25) is 0 Å². The van der Waals surface area contributed by atoms with Crippen molar-refractivity contribution in [1.29, 1.82) is 0 Å². The number of hydrogen-bond donors (Lipinski definition) is 2. The minimum atomic E-state index is -0.404. The highest BCUT2D eigenvalue weighted by molar-refractivity contribution is 5.94. The van der Waals surface area contributed by atoms with Gasteiger partial charge in [0, 0.05) is 38.2 Å². The summed E-state index contributed by atoms with van der Waals surface area (Å²) < 4.78 is 0. The van der Waals surface area contributed by atoms with Crippen molar-refractivity contribution in [3.8, 4) is 0 Å². The van der Waals surface area contributed by atoms with Crippen LogP contribution in [0.4, 0.5) is 0 Å². The van der Waals surface area contributed by atoms with E-state index in [1.54, 1.807) is 4.90 Å². The molecule has 2 aromatic rings.